The molecule has 1 aliphatic carbocycles. The van der Waals surface area contributed by atoms with E-state index < -0.39 is 16.8 Å². The van der Waals surface area contributed by atoms with E-state index in [2.05, 4.69) is 0 Å². The molecule has 6 nitrogen and oxygen atoms in total. The van der Waals surface area contributed by atoms with Gasteiger partial charge in [0.1, 0.15) is 0 Å². The summed E-state index contributed by atoms with van der Waals surface area (Å²) in [7, 11) is 0. The highest BCUT2D eigenvalue weighted by atomic mass is 35.5. The maximum atomic E-state index is 12.5. The monoisotopic (exact) mass is 320 g/mol. The molecule has 0 spiro atoms. The minimum Gasteiger partial charge on any atom is -0.274 e. The maximum Gasteiger partial charge on any atom is 0.274 e. The van der Waals surface area contributed by atoms with E-state index in [1.165, 1.54) is 6.07 Å². The molecule has 1 aromatic carbocycles. The summed E-state index contributed by atoms with van der Waals surface area (Å²) in [5, 5.41) is 11.6. The second kappa shape index (κ2) is 5.21. The van der Waals surface area contributed by atoms with Crippen LogP contribution in [0.15, 0.2) is 29.3 Å². The van der Waals surface area contributed by atoms with Crippen LogP contribution >= 0.6 is 11.6 Å². The quantitative estimate of drug-likeness (QED) is 0.476. The number of aryl methyl sites for hydroxylation is 1. The van der Waals surface area contributed by atoms with E-state index in [1.54, 1.807) is 25.1 Å². The number of anilines is 1. The number of halogens is 1. The third kappa shape index (κ3) is 2.20. The summed E-state index contributed by atoms with van der Waals surface area (Å²) in [6, 6.07) is 4.38. The molecule has 0 saturated carbocycles. The molecule has 2 amide bonds. The van der Waals surface area contributed by atoms with Gasteiger partial charge in [-0.05, 0) is 25.8 Å². The van der Waals surface area contributed by atoms with Crippen molar-refractivity contribution in [2.24, 2.45) is 11.8 Å². The van der Waals surface area contributed by atoms with Crippen LogP contribution in [-0.4, -0.2) is 16.7 Å². The van der Waals surface area contributed by atoms with Crippen molar-refractivity contribution in [1.82, 2.24) is 0 Å². The number of imide groups is 1. The van der Waals surface area contributed by atoms with Crippen molar-refractivity contribution in [3.05, 3.63) is 45.0 Å². The molecule has 0 radical (unpaired) electrons. The molecule has 7 heteroatoms. The molecule has 1 fully saturated rings. The maximum absolute atomic E-state index is 12.5. The average molecular weight is 321 g/mol. The molecule has 0 aromatic heterocycles. The van der Waals surface area contributed by atoms with Gasteiger partial charge in [-0.1, -0.05) is 23.7 Å². The number of nitro benzene ring substituents is 1. The topological polar surface area (TPSA) is 80.5 Å². The van der Waals surface area contributed by atoms with Gasteiger partial charge in [-0.15, -0.1) is 0 Å². The van der Waals surface area contributed by atoms with Crippen molar-refractivity contribution in [3.8, 4) is 0 Å². The van der Waals surface area contributed by atoms with Gasteiger partial charge in [-0.2, -0.15) is 0 Å². The molecule has 22 heavy (non-hydrogen) atoms. The molecule has 1 heterocycles. The smallest absolute Gasteiger partial charge is 0.274 e. The van der Waals surface area contributed by atoms with E-state index in [1.807, 2.05) is 0 Å². The van der Waals surface area contributed by atoms with Crippen molar-refractivity contribution < 1.29 is 14.5 Å². The largest absolute Gasteiger partial charge is 0.274 e. The van der Waals surface area contributed by atoms with Gasteiger partial charge in [0.05, 0.1) is 22.4 Å². The predicted molar refractivity (Wildman–Crippen MR) is 80.5 cm³/mol. The summed E-state index contributed by atoms with van der Waals surface area (Å²) < 4.78 is 0. The van der Waals surface area contributed by atoms with E-state index in [0.717, 1.165) is 4.90 Å². The molecule has 2 atom stereocenters. The zero-order valence-electron chi connectivity index (χ0n) is 11.8. The SMILES string of the molecule is Cc1ccc(N2C(=O)[C@H]3CC(Cl)=CC[C@H]3C2=O)cc1[N+](=O)[O-]. The van der Waals surface area contributed by atoms with Gasteiger partial charge in [0.15, 0.2) is 0 Å². The van der Waals surface area contributed by atoms with Gasteiger partial charge >= 0.3 is 0 Å². The number of carbonyl (C=O) groups excluding carboxylic acids is 2. The summed E-state index contributed by atoms with van der Waals surface area (Å²) in [5.41, 5.74) is 0.622. The minimum atomic E-state index is -0.519. The fourth-order valence-electron chi connectivity index (χ4n) is 3.02. The molecule has 3 rings (SSSR count). The lowest BCUT2D eigenvalue weighted by Crippen LogP contribution is -2.30. The zero-order chi connectivity index (χ0) is 16.0. The summed E-state index contributed by atoms with van der Waals surface area (Å²) >= 11 is 5.97. The van der Waals surface area contributed by atoms with Crippen LogP contribution in [0.5, 0.6) is 0 Å². The van der Waals surface area contributed by atoms with Gasteiger partial charge in [0.2, 0.25) is 11.8 Å². The third-order valence-corrected chi connectivity index (χ3v) is 4.53. The first-order valence-electron chi connectivity index (χ1n) is 6.87. The molecule has 2 aliphatic rings. The summed E-state index contributed by atoms with van der Waals surface area (Å²) in [5.74, 6) is -1.53. The standard InChI is InChI=1S/C15H13ClN2O4/c1-8-2-4-10(7-13(8)18(21)22)17-14(19)11-5-3-9(16)6-12(11)15(17)20/h2-4,7,11-12H,5-6H2,1H3/t11-,12+/m1/s1. The van der Waals surface area contributed by atoms with Crippen LogP contribution in [0, 0.1) is 28.9 Å². The number of benzene rings is 1. The Morgan fingerprint density at radius 1 is 1.27 bits per heavy atom. The van der Waals surface area contributed by atoms with Gasteiger partial charge in [0.25, 0.3) is 5.69 Å². The molecule has 1 aliphatic heterocycles. The minimum absolute atomic E-state index is 0.107. The molecule has 1 aromatic rings. The highest BCUT2D eigenvalue weighted by Gasteiger charge is 2.49. The Hall–Kier alpha value is -2.21. The molecule has 1 saturated heterocycles. The van der Waals surface area contributed by atoms with E-state index in [0.29, 0.717) is 23.4 Å². The lowest BCUT2D eigenvalue weighted by Gasteiger charge is -2.17. The summed E-state index contributed by atoms with van der Waals surface area (Å²) in [6.07, 6.45) is 2.54. The van der Waals surface area contributed by atoms with Crippen LogP contribution in [0.25, 0.3) is 0 Å². The second-order valence-electron chi connectivity index (χ2n) is 5.54. The van der Waals surface area contributed by atoms with E-state index in [-0.39, 0.29) is 23.2 Å². The first kappa shape index (κ1) is 14.7. The van der Waals surface area contributed by atoms with Crippen LogP contribution in [0.1, 0.15) is 18.4 Å². The predicted octanol–water partition coefficient (Wildman–Crippen LogP) is 2.93. The first-order chi connectivity index (χ1) is 10.4. The fraction of sp³-hybridized carbons (Fsp3) is 0.333. The lowest BCUT2D eigenvalue weighted by atomic mass is 9.85. The first-order valence-corrected chi connectivity index (χ1v) is 7.25. The lowest BCUT2D eigenvalue weighted by molar-refractivity contribution is -0.385. The highest BCUT2D eigenvalue weighted by Crippen LogP contribution is 2.41. The second-order valence-corrected chi connectivity index (χ2v) is 6.03. The van der Waals surface area contributed by atoms with Gasteiger partial charge in [-0.3, -0.25) is 19.7 Å². The van der Waals surface area contributed by atoms with Gasteiger partial charge in [0, 0.05) is 16.7 Å². The highest BCUT2D eigenvalue weighted by molar-refractivity contribution is 6.30. The van der Waals surface area contributed by atoms with Gasteiger partial charge in [-0.25, -0.2) is 4.90 Å². The van der Waals surface area contributed by atoms with Crippen molar-refractivity contribution in [2.45, 2.75) is 19.8 Å². The van der Waals surface area contributed by atoms with Crippen molar-refractivity contribution in [1.29, 1.82) is 0 Å². The molecular weight excluding hydrogens is 308 g/mol. The fourth-order valence-corrected chi connectivity index (χ4v) is 3.27. The number of nitro groups is 1. The third-order valence-electron chi connectivity index (χ3n) is 4.22. The van der Waals surface area contributed by atoms with Crippen molar-refractivity contribution in [3.63, 3.8) is 0 Å². The van der Waals surface area contributed by atoms with Crippen molar-refractivity contribution in [2.75, 3.05) is 4.90 Å². The summed E-state index contributed by atoms with van der Waals surface area (Å²) in [6.45, 7) is 1.61. The number of allylic oxidation sites excluding steroid dienone is 2. The number of amides is 2. The van der Waals surface area contributed by atoms with Crippen LogP contribution < -0.4 is 4.90 Å². The Labute approximate surface area is 131 Å². The number of nitrogens with zero attached hydrogens (tertiary/aromatic N) is 2. The Morgan fingerprint density at radius 2 is 1.95 bits per heavy atom. The average Bonchev–Trinajstić information content (AvgIpc) is 2.71. The Bertz CT molecular complexity index is 728. The molecule has 0 bridgehead atoms. The van der Waals surface area contributed by atoms with Crippen molar-refractivity contribution >= 4 is 34.8 Å². The number of hydrogen-bond donors (Lipinski definition) is 0. The van der Waals surface area contributed by atoms with E-state index in [4.69, 9.17) is 11.6 Å². The zero-order valence-corrected chi connectivity index (χ0v) is 12.5. The van der Waals surface area contributed by atoms with Crippen LogP contribution in [0.3, 0.4) is 0 Å². The summed E-state index contributed by atoms with van der Waals surface area (Å²) in [4.78, 5) is 36.6. The Kier molecular flexibility index (Phi) is 3.48. The molecule has 0 unspecified atom stereocenters. The Balaban J connectivity index is 2.00. The number of carbonyl (C=O) groups is 2. The Morgan fingerprint density at radius 3 is 2.64 bits per heavy atom. The van der Waals surface area contributed by atoms with Crippen LogP contribution in [-0.2, 0) is 9.59 Å². The molecule has 0 N–H and O–H groups in total. The molecule has 114 valence electrons. The number of rotatable bonds is 2. The van der Waals surface area contributed by atoms with Crippen LogP contribution in [0.4, 0.5) is 11.4 Å². The normalized spacial score (nSPS) is 24.3. The van der Waals surface area contributed by atoms with Crippen LogP contribution in [0.2, 0.25) is 0 Å². The number of fused-ring (bicyclic) bond motifs is 1. The number of hydrogen-bond acceptors (Lipinski definition) is 4. The van der Waals surface area contributed by atoms with E-state index in [9.17, 15) is 19.7 Å². The van der Waals surface area contributed by atoms with E-state index >= 15 is 0 Å². The molecular formula is C15H13ClN2O4. The van der Waals surface area contributed by atoms with Gasteiger partial charge < -0.3 is 0 Å².